The first-order valence-corrected chi connectivity index (χ1v) is 10.8. The quantitative estimate of drug-likeness (QED) is 0.537. The van der Waals surface area contributed by atoms with Crippen molar-refractivity contribution in [2.45, 2.75) is 83.6 Å². The number of rotatable bonds is 13. The zero-order chi connectivity index (χ0) is 17.1. The van der Waals surface area contributed by atoms with Crippen LogP contribution in [0.4, 0.5) is 0 Å². The molecule has 0 bridgehead atoms. The summed E-state index contributed by atoms with van der Waals surface area (Å²) in [5.41, 5.74) is 0. The number of hydrogen-bond donors (Lipinski definition) is 2. The van der Waals surface area contributed by atoms with E-state index in [1.165, 1.54) is 57.6 Å². The second-order valence-electron chi connectivity index (χ2n) is 6.34. The van der Waals surface area contributed by atoms with Gasteiger partial charge in [-0.15, -0.1) is 0 Å². The molecule has 0 aliphatic rings. The maximum absolute atomic E-state index is 11.3. The van der Waals surface area contributed by atoms with Crippen molar-refractivity contribution < 1.29 is 8.42 Å². The number of hydrogen-bond acceptors (Lipinski definition) is 5. The fourth-order valence-corrected chi connectivity index (χ4v) is 3.22. The lowest BCUT2D eigenvalue weighted by Gasteiger charge is -2.17. The molecule has 1 rings (SSSR count). The third-order valence-electron chi connectivity index (χ3n) is 3.84. The van der Waals surface area contributed by atoms with E-state index < -0.39 is 9.84 Å². The molecule has 0 atom stereocenters. The molecular formula is C16H32N4O2S. The summed E-state index contributed by atoms with van der Waals surface area (Å²) in [6.07, 6.45) is 11.0. The summed E-state index contributed by atoms with van der Waals surface area (Å²) in [5, 5.41) is 10.3. The number of nitrogens with zero attached hydrogens (tertiary/aromatic N) is 2. The van der Waals surface area contributed by atoms with Crippen molar-refractivity contribution in [3.8, 4) is 0 Å². The first kappa shape index (κ1) is 20.1. The minimum Gasteiger partial charge on any atom is -0.307 e. The Morgan fingerprint density at radius 3 is 2.22 bits per heavy atom. The molecule has 0 amide bonds. The molecule has 23 heavy (non-hydrogen) atoms. The van der Waals surface area contributed by atoms with Crippen LogP contribution >= 0.6 is 0 Å². The smallest absolute Gasteiger partial charge is 0.164 e. The normalized spacial score (nSPS) is 12.2. The van der Waals surface area contributed by atoms with E-state index in [9.17, 15) is 8.42 Å². The van der Waals surface area contributed by atoms with Crippen molar-refractivity contribution in [3.05, 3.63) is 11.6 Å². The van der Waals surface area contributed by atoms with Gasteiger partial charge in [-0.2, -0.15) is 5.10 Å². The molecule has 1 heterocycles. The van der Waals surface area contributed by atoms with Crippen molar-refractivity contribution in [2.24, 2.45) is 0 Å². The van der Waals surface area contributed by atoms with Gasteiger partial charge >= 0.3 is 0 Å². The maximum Gasteiger partial charge on any atom is 0.164 e. The van der Waals surface area contributed by atoms with E-state index in [-0.39, 0.29) is 5.75 Å². The molecule has 1 aromatic heterocycles. The standard InChI is InChI=1S/C16H32N4O2S/c1-4-6-8-10-14(11-9-7-5-2)17-12-15-18-16(20-19-15)13-23(3,21)22/h14,17H,4-13H2,1-3H3,(H,18,19,20). The lowest BCUT2D eigenvalue weighted by Crippen LogP contribution is -2.29. The molecule has 0 unspecified atom stereocenters. The van der Waals surface area contributed by atoms with Crippen molar-refractivity contribution in [1.29, 1.82) is 0 Å². The summed E-state index contributed by atoms with van der Waals surface area (Å²) in [6, 6.07) is 0.491. The lowest BCUT2D eigenvalue weighted by molar-refractivity contribution is 0.413. The molecule has 0 saturated heterocycles. The second-order valence-corrected chi connectivity index (χ2v) is 8.48. The van der Waals surface area contributed by atoms with Gasteiger partial charge in [0.2, 0.25) is 0 Å². The monoisotopic (exact) mass is 344 g/mol. The Kier molecular flexibility index (Phi) is 9.40. The highest BCUT2D eigenvalue weighted by Gasteiger charge is 2.12. The molecular weight excluding hydrogens is 312 g/mol. The highest BCUT2D eigenvalue weighted by atomic mass is 32.2. The van der Waals surface area contributed by atoms with E-state index in [1.807, 2.05) is 0 Å². The molecule has 7 heteroatoms. The molecule has 0 aliphatic heterocycles. The molecule has 0 fully saturated rings. The Morgan fingerprint density at radius 2 is 1.70 bits per heavy atom. The van der Waals surface area contributed by atoms with Gasteiger partial charge in [-0.25, -0.2) is 13.4 Å². The SMILES string of the molecule is CCCCCC(CCCCC)NCc1n[nH]c(CS(C)(=O)=O)n1. The van der Waals surface area contributed by atoms with E-state index in [0.717, 1.165) is 0 Å². The van der Waals surface area contributed by atoms with Crippen LogP contribution in [-0.2, 0) is 22.1 Å². The Morgan fingerprint density at radius 1 is 1.09 bits per heavy atom. The van der Waals surface area contributed by atoms with E-state index in [1.54, 1.807) is 0 Å². The Balaban J connectivity index is 2.45. The summed E-state index contributed by atoms with van der Waals surface area (Å²) in [5.74, 6) is 0.966. The number of H-pyrrole nitrogens is 1. The highest BCUT2D eigenvalue weighted by Crippen LogP contribution is 2.11. The van der Waals surface area contributed by atoms with Crippen molar-refractivity contribution in [1.82, 2.24) is 20.5 Å². The van der Waals surface area contributed by atoms with Gasteiger partial charge in [-0.05, 0) is 12.8 Å². The molecule has 0 aromatic carbocycles. The van der Waals surface area contributed by atoms with Crippen molar-refractivity contribution >= 4 is 9.84 Å². The van der Waals surface area contributed by atoms with Crippen LogP contribution in [0.1, 0.15) is 76.9 Å². The van der Waals surface area contributed by atoms with E-state index in [4.69, 9.17) is 0 Å². The van der Waals surface area contributed by atoms with E-state index in [2.05, 4.69) is 34.3 Å². The minimum absolute atomic E-state index is 0.0869. The van der Waals surface area contributed by atoms with Gasteiger partial charge in [-0.3, -0.25) is 5.10 Å². The van der Waals surface area contributed by atoms with E-state index in [0.29, 0.717) is 24.2 Å². The summed E-state index contributed by atoms with van der Waals surface area (Å²) < 4.78 is 22.5. The van der Waals surface area contributed by atoms with Gasteiger partial charge in [-0.1, -0.05) is 52.4 Å². The Bertz CT molecular complexity index is 518. The Labute approximate surface area is 140 Å². The van der Waals surface area contributed by atoms with Gasteiger partial charge in [0.25, 0.3) is 0 Å². The zero-order valence-electron chi connectivity index (χ0n) is 14.8. The first-order chi connectivity index (χ1) is 10.9. The average Bonchev–Trinajstić information content (AvgIpc) is 2.90. The molecule has 0 spiro atoms. The molecule has 6 nitrogen and oxygen atoms in total. The second kappa shape index (κ2) is 10.8. The molecule has 0 saturated carbocycles. The van der Waals surface area contributed by atoms with Gasteiger partial charge < -0.3 is 5.32 Å². The van der Waals surface area contributed by atoms with Crippen LogP contribution in [0.25, 0.3) is 0 Å². The largest absolute Gasteiger partial charge is 0.307 e. The summed E-state index contributed by atoms with van der Waals surface area (Å²) in [6.45, 7) is 5.02. The lowest BCUT2D eigenvalue weighted by atomic mass is 10.0. The molecule has 1 aromatic rings. The van der Waals surface area contributed by atoms with Crippen LogP contribution in [-0.4, -0.2) is 35.9 Å². The van der Waals surface area contributed by atoms with Gasteiger partial charge in [0.1, 0.15) is 11.6 Å². The van der Waals surface area contributed by atoms with Crippen LogP contribution in [0, 0.1) is 0 Å². The molecule has 2 N–H and O–H groups in total. The van der Waals surface area contributed by atoms with Crippen LogP contribution < -0.4 is 5.32 Å². The van der Waals surface area contributed by atoms with Gasteiger partial charge in [0.15, 0.2) is 15.7 Å². The summed E-state index contributed by atoms with van der Waals surface area (Å²) in [7, 11) is -3.08. The summed E-state index contributed by atoms with van der Waals surface area (Å²) >= 11 is 0. The zero-order valence-corrected chi connectivity index (χ0v) is 15.6. The fourth-order valence-electron chi connectivity index (χ4n) is 2.59. The maximum atomic E-state index is 11.3. The van der Waals surface area contributed by atoms with Crippen molar-refractivity contribution in [2.75, 3.05) is 6.26 Å². The Hall–Kier alpha value is -0.950. The third-order valence-corrected chi connectivity index (χ3v) is 4.64. The number of unbranched alkanes of at least 4 members (excludes halogenated alkanes) is 4. The molecule has 0 radical (unpaired) electrons. The van der Waals surface area contributed by atoms with Crippen molar-refractivity contribution in [3.63, 3.8) is 0 Å². The topological polar surface area (TPSA) is 87.7 Å². The first-order valence-electron chi connectivity index (χ1n) is 8.75. The van der Waals surface area contributed by atoms with Gasteiger partial charge in [0.05, 0.1) is 6.54 Å². The minimum atomic E-state index is -3.08. The van der Waals surface area contributed by atoms with Gasteiger partial charge in [0, 0.05) is 12.3 Å². The average molecular weight is 345 g/mol. The molecule has 0 aliphatic carbocycles. The van der Waals surface area contributed by atoms with E-state index >= 15 is 0 Å². The highest BCUT2D eigenvalue weighted by molar-refractivity contribution is 7.89. The van der Waals surface area contributed by atoms with Crippen LogP contribution in [0.3, 0.4) is 0 Å². The fraction of sp³-hybridized carbons (Fsp3) is 0.875. The number of aromatic amines is 1. The number of aromatic nitrogens is 3. The van der Waals surface area contributed by atoms with Crippen LogP contribution in [0.5, 0.6) is 0 Å². The number of nitrogens with one attached hydrogen (secondary N) is 2. The van der Waals surface area contributed by atoms with Crippen LogP contribution in [0.2, 0.25) is 0 Å². The van der Waals surface area contributed by atoms with Crippen LogP contribution in [0.15, 0.2) is 0 Å². The molecule has 134 valence electrons. The number of sulfone groups is 1. The third kappa shape index (κ3) is 9.71. The predicted molar refractivity (Wildman–Crippen MR) is 93.8 cm³/mol. The predicted octanol–water partition coefficient (Wildman–Crippen LogP) is 2.97. The summed E-state index contributed by atoms with van der Waals surface area (Å²) in [4.78, 5) is 4.25.